The number of nitrogens with zero attached hydrogens (tertiary/aromatic N) is 2. The second kappa shape index (κ2) is 5.38. The van der Waals surface area contributed by atoms with E-state index in [0.29, 0.717) is 19.6 Å². The van der Waals surface area contributed by atoms with E-state index in [2.05, 4.69) is 0 Å². The monoisotopic (exact) mass is 297 g/mol. The van der Waals surface area contributed by atoms with Gasteiger partial charge in [-0.1, -0.05) is 24.6 Å². The molecule has 1 unspecified atom stereocenters. The molecule has 0 bridgehead atoms. The summed E-state index contributed by atoms with van der Waals surface area (Å²) in [6, 6.07) is 4.24. The van der Waals surface area contributed by atoms with Gasteiger partial charge in [0.15, 0.2) is 0 Å². The van der Waals surface area contributed by atoms with Gasteiger partial charge in [0.1, 0.15) is 5.56 Å². The molecular weight excluding hydrogens is 282 g/mol. The van der Waals surface area contributed by atoms with Crippen molar-refractivity contribution in [3.63, 3.8) is 0 Å². The van der Waals surface area contributed by atoms with Gasteiger partial charge >= 0.3 is 0 Å². The highest BCUT2D eigenvalue weighted by Gasteiger charge is 2.37. The van der Waals surface area contributed by atoms with Crippen LogP contribution in [0.4, 0.5) is 5.69 Å². The number of hydrogen-bond donors (Lipinski definition) is 1. The van der Waals surface area contributed by atoms with Crippen LogP contribution in [0.25, 0.3) is 0 Å². The highest BCUT2D eigenvalue weighted by molar-refractivity contribution is 6.34. The molecule has 0 spiro atoms. The fourth-order valence-corrected chi connectivity index (χ4v) is 2.65. The summed E-state index contributed by atoms with van der Waals surface area (Å²) < 4.78 is 0. The number of likely N-dealkylation sites (tertiary alicyclic amines) is 1. The number of halogens is 1. The number of nitrogens with two attached hydrogens (primary N) is 1. The molecule has 1 aromatic carbocycles. The van der Waals surface area contributed by atoms with Gasteiger partial charge < -0.3 is 10.6 Å². The average Bonchev–Trinajstić information content (AvgIpc) is 2.81. The largest absolute Gasteiger partial charge is 0.338 e. The van der Waals surface area contributed by atoms with E-state index < -0.39 is 10.8 Å². The molecular formula is C13H16ClN3O3. The SMILES string of the molecule is CC1(CN)CCN(C(=O)c2c(Cl)cccc2[N+](=O)[O-])C1. The number of carbonyl (C=O) groups is 1. The third-order valence-electron chi connectivity index (χ3n) is 3.74. The Balaban J connectivity index is 2.33. The van der Waals surface area contributed by atoms with Gasteiger partial charge in [0.05, 0.1) is 9.95 Å². The van der Waals surface area contributed by atoms with E-state index in [0.717, 1.165) is 6.42 Å². The minimum atomic E-state index is -0.586. The highest BCUT2D eigenvalue weighted by Crippen LogP contribution is 2.33. The number of nitro groups is 1. The van der Waals surface area contributed by atoms with E-state index in [-0.39, 0.29) is 21.7 Å². The molecule has 1 aromatic rings. The molecule has 1 aliphatic rings. The predicted molar refractivity (Wildman–Crippen MR) is 75.8 cm³/mol. The Morgan fingerprint density at radius 3 is 2.85 bits per heavy atom. The standard InChI is InChI=1S/C13H16ClN3O3/c1-13(7-15)5-6-16(8-13)12(18)11-9(14)3-2-4-10(11)17(19)20/h2-4H,5-8,15H2,1H3. The molecule has 0 saturated carbocycles. The summed E-state index contributed by atoms with van der Waals surface area (Å²) in [5, 5.41) is 11.1. The molecule has 7 heteroatoms. The lowest BCUT2D eigenvalue weighted by atomic mass is 9.90. The fourth-order valence-electron chi connectivity index (χ4n) is 2.40. The summed E-state index contributed by atoms with van der Waals surface area (Å²) in [6.45, 7) is 3.50. The second-order valence-electron chi connectivity index (χ2n) is 5.38. The van der Waals surface area contributed by atoms with Crippen LogP contribution in [0.1, 0.15) is 23.7 Å². The quantitative estimate of drug-likeness (QED) is 0.683. The van der Waals surface area contributed by atoms with Gasteiger partial charge in [-0.2, -0.15) is 0 Å². The fraction of sp³-hybridized carbons (Fsp3) is 0.462. The number of benzene rings is 1. The molecule has 0 aromatic heterocycles. The zero-order valence-corrected chi connectivity index (χ0v) is 11.9. The average molecular weight is 298 g/mol. The van der Waals surface area contributed by atoms with Crippen LogP contribution in [0.2, 0.25) is 5.02 Å². The molecule has 1 aliphatic heterocycles. The minimum Gasteiger partial charge on any atom is -0.338 e. The molecule has 108 valence electrons. The maximum Gasteiger partial charge on any atom is 0.283 e. The molecule has 2 N–H and O–H groups in total. The van der Waals surface area contributed by atoms with Crippen molar-refractivity contribution in [2.45, 2.75) is 13.3 Å². The molecule has 1 amide bonds. The van der Waals surface area contributed by atoms with Crippen molar-refractivity contribution in [3.05, 3.63) is 38.9 Å². The van der Waals surface area contributed by atoms with E-state index >= 15 is 0 Å². The first kappa shape index (κ1) is 14.7. The van der Waals surface area contributed by atoms with Crippen molar-refractivity contribution in [2.24, 2.45) is 11.1 Å². The lowest BCUT2D eigenvalue weighted by Crippen LogP contribution is -2.34. The molecule has 2 rings (SSSR count). The summed E-state index contributed by atoms with van der Waals surface area (Å²) in [5.41, 5.74) is 5.27. The summed E-state index contributed by atoms with van der Waals surface area (Å²) in [5.74, 6) is -0.403. The molecule has 1 atom stereocenters. The highest BCUT2D eigenvalue weighted by atomic mass is 35.5. The van der Waals surface area contributed by atoms with Gasteiger partial charge in [-0.15, -0.1) is 0 Å². The van der Waals surface area contributed by atoms with Crippen molar-refractivity contribution < 1.29 is 9.72 Å². The number of hydrogen-bond acceptors (Lipinski definition) is 4. The summed E-state index contributed by atoms with van der Waals surface area (Å²) >= 11 is 5.98. The van der Waals surface area contributed by atoms with Crippen molar-refractivity contribution in [3.8, 4) is 0 Å². The number of amides is 1. The smallest absolute Gasteiger partial charge is 0.283 e. The van der Waals surface area contributed by atoms with Crippen LogP contribution in [-0.4, -0.2) is 35.4 Å². The Morgan fingerprint density at radius 1 is 1.60 bits per heavy atom. The molecule has 6 nitrogen and oxygen atoms in total. The van der Waals surface area contributed by atoms with Crippen LogP contribution in [-0.2, 0) is 0 Å². The van der Waals surface area contributed by atoms with Crippen LogP contribution in [0.15, 0.2) is 18.2 Å². The zero-order chi connectivity index (χ0) is 14.9. The molecule has 0 radical (unpaired) electrons. The van der Waals surface area contributed by atoms with E-state index in [1.807, 2.05) is 6.92 Å². The predicted octanol–water partition coefficient (Wildman–Crippen LogP) is 2.06. The normalized spacial score (nSPS) is 22.1. The number of rotatable bonds is 3. The van der Waals surface area contributed by atoms with Crippen molar-refractivity contribution in [1.29, 1.82) is 0 Å². The number of carbonyl (C=O) groups excluding carboxylic acids is 1. The van der Waals surface area contributed by atoms with E-state index in [9.17, 15) is 14.9 Å². The van der Waals surface area contributed by atoms with Crippen LogP contribution < -0.4 is 5.73 Å². The summed E-state index contributed by atoms with van der Waals surface area (Å²) in [6.07, 6.45) is 0.785. The van der Waals surface area contributed by atoms with E-state index in [4.69, 9.17) is 17.3 Å². The van der Waals surface area contributed by atoms with E-state index in [1.54, 1.807) is 4.90 Å². The molecule has 1 saturated heterocycles. The maximum atomic E-state index is 12.5. The first-order valence-electron chi connectivity index (χ1n) is 6.30. The zero-order valence-electron chi connectivity index (χ0n) is 11.1. The molecule has 1 fully saturated rings. The summed E-state index contributed by atoms with van der Waals surface area (Å²) in [4.78, 5) is 24.5. The Bertz CT molecular complexity index is 564. The van der Waals surface area contributed by atoms with Gasteiger partial charge in [0, 0.05) is 19.2 Å². The Kier molecular flexibility index (Phi) is 3.96. The molecule has 1 heterocycles. The Labute approximate surface area is 121 Å². The van der Waals surface area contributed by atoms with Gasteiger partial charge in [0.25, 0.3) is 11.6 Å². The van der Waals surface area contributed by atoms with Crippen LogP contribution in [0, 0.1) is 15.5 Å². The first-order valence-corrected chi connectivity index (χ1v) is 6.68. The number of nitro benzene ring substituents is 1. The van der Waals surface area contributed by atoms with Crippen molar-refractivity contribution in [1.82, 2.24) is 4.90 Å². The van der Waals surface area contributed by atoms with Crippen molar-refractivity contribution in [2.75, 3.05) is 19.6 Å². The lowest BCUT2D eigenvalue weighted by molar-refractivity contribution is -0.385. The molecule has 20 heavy (non-hydrogen) atoms. The second-order valence-corrected chi connectivity index (χ2v) is 5.79. The third kappa shape index (κ3) is 2.62. The lowest BCUT2D eigenvalue weighted by Gasteiger charge is -2.22. The summed E-state index contributed by atoms with van der Waals surface area (Å²) in [7, 11) is 0. The van der Waals surface area contributed by atoms with Gasteiger partial charge in [-0.3, -0.25) is 14.9 Å². The van der Waals surface area contributed by atoms with Gasteiger partial charge in [-0.05, 0) is 24.4 Å². The topological polar surface area (TPSA) is 89.5 Å². The van der Waals surface area contributed by atoms with Gasteiger partial charge in [-0.25, -0.2) is 0 Å². The van der Waals surface area contributed by atoms with Crippen molar-refractivity contribution >= 4 is 23.2 Å². The van der Waals surface area contributed by atoms with Gasteiger partial charge in [0.2, 0.25) is 0 Å². The molecule has 0 aliphatic carbocycles. The van der Waals surface area contributed by atoms with E-state index in [1.165, 1.54) is 18.2 Å². The minimum absolute atomic E-state index is 0.0413. The maximum absolute atomic E-state index is 12.5. The van der Waals surface area contributed by atoms with Crippen LogP contribution in [0.5, 0.6) is 0 Å². The third-order valence-corrected chi connectivity index (χ3v) is 4.06. The van der Waals surface area contributed by atoms with Crippen LogP contribution >= 0.6 is 11.6 Å². The first-order chi connectivity index (χ1) is 9.38. The Morgan fingerprint density at radius 2 is 2.30 bits per heavy atom. The van der Waals surface area contributed by atoms with Crippen LogP contribution in [0.3, 0.4) is 0 Å². The Hall–Kier alpha value is -1.66.